The van der Waals surface area contributed by atoms with Crippen LogP contribution in [0.1, 0.15) is 37.0 Å². The number of rotatable bonds is 7. The third kappa shape index (κ3) is 5.54. The molecule has 0 atom stereocenters. The van der Waals surface area contributed by atoms with Gasteiger partial charge in [0.2, 0.25) is 5.75 Å². The number of hydrogen-bond acceptors (Lipinski definition) is 9. The zero-order valence-electron chi connectivity index (χ0n) is 21.3. The number of nitrogens with zero attached hydrogens (tertiary/aromatic N) is 1. The Kier molecular flexibility index (Phi) is 7.77. The lowest BCUT2D eigenvalue weighted by Crippen LogP contribution is -2.32. The molecule has 10 nitrogen and oxygen atoms in total. The van der Waals surface area contributed by atoms with E-state index in [0.717, 1.165) is 0 Å². The van der Waals surface area contributed by atoms with Crippen molar-refractivity contribution in [1.29, 1.82) is 0 Å². The first-order valence-corrected chi connectivity index (χ1v) is 11.0. The SMILES string of the molecule is COC(=O)c1nc(CNC(=O)OC(C)(C)C)c2cc(O)ccc2c1-c1cc(OC)c(OC)c(OC)c1. The molecule has 1 heterocycles. The van der Waals surface area contributed by atoms with E-state index in [1.807, 2.05) is 0 Å². The minimum absolute atomic E-state index is 0.00551. The third-order valence-corrected chi connectivity index (χ3v) is 5.20. The molecule has 0 aliphatic carbocycles. The molecule has 0 fully saturated rings. The minimum Gasteiger partial charge on any atom is -0.508 e. The van der Waals surface area contributed by atoms with Crippen molar-refractivity contribution in [2.45, 2.75) is 32.9 Å². The smallest absolute Gasteiger partial charge is 0.407 e. The largest absolute Gasteiger partial charge is 0.508 e. The van der Waals surface area contributed by atoms with Gasteiger partial charge in [-0.1, -0.05) is 0 Å². The number of benzene rings is 2. The van der Waals surface area contributed by atoms with E-state index in [2.05, 4.69) is 10.3 Å². The predicted octanol–water partition coefficient (Wildman–Crippen LogP) is 4.44. The van der Waals surface area contributed by atoms with Gasteiger partial charge in [-0.3, -0.25) is 0 Å². The standard InChI is InChI=1S/C26H30N2O8/c1-26(2,3)36-25(31)27-13-18-17-12-15(29)8-9-16(17)21(22(28-18)24(30)35-7)14-10-19(32-4)23(34-6)20(11-14)33-5/h8-12,29H,13H2,1-7H3,(H,27,31). The van der Waals surface area contributed by atoms with Gasteiger partial charge in [-0.2, -0.15) is 0 Å². The second-order valence-corrected chi connectivity index (χ2v) is 8.77. The predicted molar refractivity (Wildman–Crippen MR) is 133 cm³/mol. The Morgan fingerprint density at radius 2 is 1.58 bits per heavy atom. The Labute approximate surface area is 209 Å². The molecule has 0 bridgehead atoms. The number of aromatic hydroxyl groups is 1. The average Bonchev–Trinajstić information content (AvgIpc) is 2.84. The van der Waals surface area contributed by atoms with Crippen LogP contribution < -0.4 is 19.5 Å². The molecule has 0 saturated carbocycles. The molecule has 2 N–H and O–H groups in total. The molecular weight excluding hydrogens is 468 g/mol. The van der Waals surface area contributed by atoms with Gasteiger partial charge in [0.25, 0.3) is 0 Å². The lowest BCUT2D eigenvalue weighted by Gasteiger charge is -2.20. The summed E-state index contributed by atoms with van der Waals surface area (Å²) in [5, 5.41) is 14.0. The van der Waals surface area contributed by atoms with Gasteiger partial charge in [0.15, 0.2) is 17.2 Å². The van der Waals surface area contributed by atoms with E-state index in [9.17, 15) is 14.7 Å². The number of hydrogen-bond donors (Lipinski definition) is 2. The topological polar surface area (TPSA) is 125 Å². The summed E-state index contributed by atoms with van der Waals surface area (Å²) >= 11 is 0. The lowest BCUT2D eigenvalue weighted by molar-refractivity contribution is 0.0523. The summed E-state index contributed by atoms with van der Waals surface area (Å²) in [5.74, 6) is 0.448. The molecule has 0 aliphatic heterocycles. The number of ether oxygens (including phenoxy) is 5. The number of pyridine rings is 1. The van der Waals surface area contributed by atoms with E-state index in [0.29, 0.717) is 44.8 Å². The normalized spacial score (nSPS) is 11.1. The molecule has 3 aromatic rings. The van der Waals surface area contributed by atoms with E-state index in [1.165, 1.54) is 40.6 Å². The monoisotopic (exact) mass is 498 g/mol. The van der Waals surface area contributed by atoms with Gasteiger partial charge in [-0.15, -0.1) is 0 Å². The van der Waals surface area contributed by atoms with Gasteiger partial charge in [-0.25, -0.2) is 14.6 Å². The van der Waals surface area contributed by atoms with Gasteiger partial charge in [0, 0.05) is 10.9 Å². The zero-order chi connectivity index (χ0) is 26.6. The molecule has 1 amide bonds. The van der Waals surface area contributed by atoms with E-state index < -0.39 is 17.7 Å². The second-order valence-electron chi connectivity index (χ2n) is 8.77. The van der Waals surface area contributed by atoms with E-state index in [-0.39, 0.29) is 18.0 Å². The zero-order valence-corrected chi connectivity index (χ0v) is 21.3. The Hall–Kier alpha value is -4.21. The molecule has 0 spiro atoms. The molecule has 0 aliphatic rings. The summed E-state index contributed by atoms with van der Waals surface area (Å²) in [7, 11) is 5.72. The highest BCUT2D eigenvalue weighted by molar-refractivity contribution is 6.08. The second kappa shape index (κ2) is 10.6. The number of aromatic nitrogens is 1. The highest BCUT2D eigenvalue weighted by atomic mass is 16.6. The van der Waals surface area contributed by atoms with Gasteiger partial charge in [0.05, 0.1) is 40.7 Å². The van der Waals surface area contributed by atoms with E-state index >= 15 is 0 Å². The first kappa shape index (κ1) is 26.4. The molecule has 0 unspecified atom stereocenters. The van der Waals surface area contributed by atoms with Crippen LogP contribution in [0.4, 0.5) is 4.79 Å². The van der Waals surface area contributed by atoms with Crippen molar-refractivity contribution in [3.8, 4) is 34.1 Å². The number of phenols is 1. The highest BCUT2D eigenvalue weighted by Crippen LogP contribution is 2.44. The quantitative estimate of drug-likeness (QED) is 0.455. The summed E-state index contributed by atoms with van der Waals surface area (Å²) in [4.78, 5) is 29.7. The number of methoxy groups -OCH3 is 4. The number of esters is 1. The van der Waals surface area contributed by atoms with Gasteiger partial charge >= 0.3 is 12.1 Å². The Balaban J connectivity index is 2.27. The lowest BCUT2D eigenvalue weighted by atomic mass is 9.94. The van der Waals surface area contributed by atoms with Crippen molar-refractivity contribution in [2.24, 2.45) is 0 Å². The molecule has 0 saturated heterocycles. The Morgan fingerprint density at radius 3 is 2.11 bits per heavy atom. The number of nitrogens with one attached hydrogen (secondary N) is 1. The summed E-state index contributed by atoms with van der Waals surface area (Å²) < 4.78 is 26.7. The number of fused-ring (bicyclic) bond motifs is 1. The molecule has 2 aromatic carbocycles. The fraction of sp³-hybridized carbons (Fsp3) is 0.346. The van der Waals surface area contributed by atoms with Crippen LogP contribution >= 0.6 is 0 Å². The van der Waals surface area contributed by atoms with Gasteiger partial charge in [0.1, 0.15) is 11.4 Å². The number of phenolic OH excluding ortho intramolecular Hbond substituents is 1. The van der Waals surface area contributed by atoms with Crippen molar-refractivity contribution >= 4 is 22.8 Å². The maximum atomic E-state index is 12.9. The van der Waals surface area contributed by atoms with Crippen molar-refractivity contribution in [2.75, 3.05) is 28.4 Å². The number of amides is 1. The highest BCUT2D eigenvalue weighted by Gasteiger charge is 2.25. The van der Waals surface area contributed by atoms with Crippen molar-refractivity contribution < 1.29 is 38.4 Å². The Bertz CT molecular complexity index is 1270. The molecule has 1 aromatic heterocycles. The van der Waals surface area contributed by atoms with Crippen LogP contribution in [0.15, 0.2) is 30.3 Å². The van der Waals surface area contributed by atoms with Crippen LogP contribution in [0.2, 0.25) is 0 Å². The number of carbonyl (C=O) groups is 2. The van der Waals surface area contributed by atoms with Crippen LogP contribution in [-0.2, 0) is 16.0 Å². The summed E-state index contributed by atoms with van der Waals surface area (Å²) in [5.41, 5.74) is 0.622. The maximum Gasteiger partial charge on any atom is 0.407 e. The number of alkyl carbamates (subject to hydrolysis) is 1. The van der Waals surface area contributed by atoms with Gasteiger partial charge in [-0.05, 0) is 62.1 Å². The summed E-state index contributed by atoms with van der Waals surface area (Å²) in [6.07, 6.45) is -0.647. The molecular formula is C26H30N2O8. The van der Waals surface area contributed by atoms with Crippen molar-refractivity contribution in [1.82, 2.24) is 10.3 Å². The van der Waals surface area contributed by atoms with Crippen LogP contribution in [0.5, 0.6) is 23.0 Å². The first-order chi connectivity index (χ1) is 17.0. The van der Waals surface area contributed by atoms with E-state index in [4.69, 9.17) is 23.7 Å². The average molecular weight is 499 g/mol. The van der Waals surface area contributed by atoms with Crippen LogP contribution in [-0.4, -0.2) is 56.2 Å². The first-order valence-electron chi connectivity index (χ1n) is 11.0. The van der Waals surface area contributed by atoms with Gasteiger partial charge < -0.3 is 34.1 Å². The van der Waals surface area contributed by atoms with Crippen LogP contribution in [0, 0.1) is 0 Å². The third-order valence-electron chi connectivity index (χ3n) is 5.20. The maximum absolute atomic E-state index is 12.9. The molecule has 3 rings (SSSR count). The van der Waals surface area contributed by atoms with Crippen molar-refractivity contribution in [3.05, 3.63) is 41.7 Å². The van der Waals surface area contributed by atoms with E-state index in [1.54, 1.807) is 39.0 Å². The van der Waals surface area contributed by atoms with Crippen LogP contribution in [0.3, 0.4) is 0 Å². The summed E-state index contributed by atoms with van der Waals surface area (Å²) in [6.45, 7) is 5.19. The Morgan fingerprint density at radius 1 is 0.944 bits per heavy atom. The minimum atomic E-state index is -0.689. The van der Waals surface area contributed by atoms with Crippen molar-refractivity contribution in [3.63, 3.8) is 0 Å². The molecule has 0 radical (unpaired) electrons. The molecule has 36 heavy (non-hydrogen) atoms. The molecule has 10 heteroatoms. The number of carbonyl (C=O) groups excluding carboxylic acids is 2. The molecule has 192 valence electrons. The fourth-order valence-electron chi connectivity index (χ4n) is 3.73. The summed E-state index contributed by atoms with van der Waals surface area (Å²) in [6, 6.07) is 8.05. The van der Waals surface area contributed by atoms with Crippen LogP contribution in [0.25, 0.3) is 21.9 Å². The fourth-order valence-corrected chi connectivity index (χ4v) is 3.73.